The number of ether oxygens (including phenoxy) is 1. The van der Waals surface area contributed by atoms with Gasteiger partial charge >= 0.3 is 5.97 Å². The average Bonchev–Trinajstić information content (AvgIpc) is 2.58. The van der Waals surface area contributed by atoms with E-state index in [4.69, 9.17) is 4.74 Å². The lowest BCUT2D eigenvalue weighted by atomic mass is 10.1. The largest absolute Gasteiger partial charge is 0.508 e. The first-order valence-electron chi connectivity index (χ1n) is 8.88. The number of rotatable bonds is 4. The van der Waals surface area contributed by atoms with Crippen molar-refractivity contribution >= 4 is 5.97 Å². The molecule has 1 aromatic heterocycles. The Balaban J connectivity index is 1.61. The molecule has 26 heavy (non-hydrogen) atoms. The van der Waals surface area contributed by atoms with Gasteiger partial charge in [0, 0.05) is 43.4 Å². The Kier molecular flexibility index (Phi) is 5.23. The molecule has 6 heteroatoms. The number of esters is 1. The van der Waals surface area contributed by atoms with E-state index in [1.165, 1.54) is 0 Å². The Morgan fingerprint density at radius 1 is 1.27 bits per heavy atom. The summed E-state index contributed by atoms with van der Waals surface area (Å²) in [4.78, 5) is 23.3. The predicted molar refractivity (Wildman–Crippen MR) is 98.6 cm³/mol. The highest BCUT2D eigenvalue weighted by molar-refractivity contribution is 5.70. The molecule has 2 heterocycles. The van der Waals surface area contributed by atoms with Gasteiger partial charge in [-0.05, 0) is 45.0 Å². The molecule has 0 fully saturated rings. The lowest BCUT2D eigenvalue weighted by Gasteiger charge is -2.28. The topological polar surface area (TPSA) is 75.5 Å². The van der Waals surface area contributed by atoms with Crippen LogP contribution in [0.4, 0.5) is 0 Å². The minimum atomic E-state index is -0.440. The minimum absolute atomic E-state index is 0.165. The summed E-state index contributed by atoms with van der Waals surface area (Å²) in [7, 11) is 0. The van der Waals surface area contributed by atoms with Crippen LogP contribution in [0.1, 0.15) is 38.4 Å². The maximum absolute atomic E-state index is 11.9. The fourth-order valence-corrected chi connectivity index (χ4v) is 2.96. The zero-order valence-corrected chi connectivity index (χ0v) is 15.5. The fraction of sp³-hybridized carbons (Fsp3) is 0.450. The smallest absolute Gasteiger partial charge is 0.307 e. The highest BCUT2D eigenvalue weighted by atomic mass is 16.6. The van der Waals surface area contributed by atoms with Gasteiger partial charge < -0.3 is 9.84 Å². The van der Waals surface area contributed by atoms with Crippen LogP contribution < -0.4 is 0 Å². The molecule has 0 atom stereocenters. The summed E-state index contributed by atoms with van der Waals surface area (Å²) in [5.74, 6) is 0.737. The number of nitrogens with zero attached hydrogens (tertiary/aromatic N) is 3. The molecule has 2 aromatic rings. The van der Waals surface area contributed by atoms with Crippen LogP contribution in [-0.2, 0) is 22.5 Å². The first-order valence-corrected chi connectivity index (χ1v) is 8.88. The molecule has 6 nitrogen and oxygen atoms in total. The Hall–Kier alpha value is -2.47. The van der Waals surface area contributed by atoms with Crippen molar-refractivity contribution in [3.63, 3.8) is 0 Å². The molecule has 1 aromatic carbocycles. The first kappa shape index (κ1) is 18.3. The molecule has 1 aliphatic rings. The summed E-state index contributed by atoms with van der Waals surface area (Å²) < 4.78 is 5.36. The van der Waals surface area contributed by atoms with Gasteiger partial charge in [-0.2, -0.15) is 0 Å². The van der Waals surface area contributed by atoms with Crippen LogP contribution >= 0.6 is 0 Å². The Labute approximate surface area is 153 Å². The van der Waals surface area contributed by atoms with Crippen molar-refractivity contribution in [1.82, 2.24) is 14.9 Å². The molecule has 1 N–H and O–H groups in total. The van der Waals surface area contributed by atoms with Crippen LogP contribution in [0.25, 0.3) is 11.4 Å². The molecule has 0 spiro atoms. The normalized spacial score (nSPS) is 14.7. The molecule has 0 bridgehead atoms. The molecule has 0 saturated heterocycles. The van der Waals surface area contributed by atoms with Gasteiger partial charge in [-0.1, -0.05) is 0 Å². The molecule has 0 saturated carbocycles. The van der Waals surface area contributed by atoms with E-state index in [1.54, 1.807) is 12.1 Å². The highest BCUT2D eigenvalue weighted by Crippen LogP contribution is 2.22. The van der Waals surface area contributed by atoms with E-state index >= 15 is 0 Å². The van der Waals surface area contributed by atoms with Crippen LogP contribution in [0.3, 0.4) is 0 Å². The molecular weight excluding hydrogens is 330 g/mol. The number of aromatic nitrogens is 2. The van der Waals surface area contributed by atoms with Crippen LogP contribution in [0.5, 0.6) is 5.75 Å². The molecule has 0 amide bonds. The number of fused-ring (bicyclic) bond motifs is 1. The number of carbonyl (C=O) groups is 1. The molecule has 0 unspecified atom stereocenters. The van der Waals surface area contributed by atoms with E-state index < -0.39 is 5.60 Å². The Morgan fingerprint density at radius 3 is 2.69 bits per heavy atom. The van der Waals surface area contributed by atoms with Gasteiger partial charge in [0.25, 0.3) is 0 Å². The molecule has 1 aliphatic heterocycles. The fourth-order valence-electron chi connectivity index (χ4n) is 2.96. The molecule has 0 radical (unpaired) electrons. The summed E-state index contributed by atoms with van der Waals surface area (Å²) in [5.41, 5.74) is 2.60. The van der Waals surface area contributed by atoms with Crippen molar-refractivity contribution in [2.24, 2.45) is 0 Å². The van der Waals surface area contributed by atoms with Crippen LogP contribution in [-0.4, -0.2) is 44.6 Å². The van der Waals surface area contributed by atoms with Gasteiger partial charge in [-0.3, -0.25) is 9.69 Å². The quantitative estimate of drug-likeness (QED) is 0.850. The van der Waals surface area contributed by atoms with Crippen molar-refractivity contribution in [2.75, 3.05) is 13.1 Å². The average molecular weight is 355 g/mol. The van der Waals surface area contributed by atoms with Crippen molar-refractivity contribution < 1.29 is 14.6 Å². The number of benzene rings is 1. The molecule has 138 valence electrons. The second kappa shape index (κ2) is 7.41. The predicted octanol–water partition coefficient (Wildman–Crippen LogP) is 2.94. The van der Waals surface area contributed by atoms with Crippen LogP contribution in [0, 0.1) is 0 Å². The van der Waals surface area contributed by atoms with E-state index in [0.717, 1.165) is 36.3 Å². The third kappa shape index (κ3) is 4.79. The van der Waals surface area contributed by atoms with E-state index in [1.807, 2.05) is 39.1 Å². The van der Waals surface area contributed by atoms with Crippen molar-refractivity contribution in [3.8, 4) is 17.1 Å². The lowest BCUT2D eigenvalue weighted by Crippen LogP contribution is -2.34. The van der Waals surface area contributed by atoms with E-state index in [9.17, 15) is 9.90 Å². The molecular formula is C20H25N3O3. The van der Waals surface area contributed by atoms with Gasteiger partial charge in [-0.15, -0.1) is 0 Å². The summed E-state index contributed by atoms with van der Waals surface area (Å²) in [5, 5.41) is 9.40. The van der Waals surface area contributed by atoms with Crippen molar-refractivity contribution in [2.45, 2.75) is 45.8 Å². The zero-order chi connectivity index (χ0) is 18.7. The van der Waals surface area contributed by atoms with Gasteiger partial charge in [0.05, 0.1) is 12.1 Å². The number of carbonyl (C=O) groups excluding carboxylic acids is 1. The molecule has 3 rings (SSSR count). The van der Waals surface area contributed by atoms with Crippen molar-refractivity contribution in [3.05, 3.63) is 41.7 Å². The lowest BCUT2D eigenvalue weighted by molar-refractivity contribution is -0.155. The number of hydrogen-bond acceptors (Lipinski definition) is 6. The SMILES string of the molecule is CC(C)(C)OC(=O)CCN1CCc2nc(-c3ccc(O)cc3)ncc2C1. The van der Waals surface area contributed by atoms with Gasteiger partial charge in [0.2, 0.25) is 0 Å². The second-order valence-electron chi connectivity index (χ2n) is 7.58. The number of phenolic OH excluding ortho intramolecular Hbond substituents is 1. The minimum Gasteiger partial charge on any atom is -0.508 e. The molecule has 0 aliphatic carbocycles. The van der Waals surface area contributed by atoms with E-state index in [2.05, 4.69) is 14.9 Å². The monoisotopic (exact) mass is 355 g/mol. The number of hydrogen-bond donors (Lipinski definition) is 1. The maximum Gasteiger partial charge on any atom is 0.307 e. The second-order valence-corrected chi connectivity index (χ2v) is 7.58. The third-order valence-electron chi connectivity index (χ3n) is 4.19. The number of aromatic hydroxyl groups is 1. The van der Waals surface area contributed by atoms with E-state index in [0.29, 0.717) is 18.8 Å². The van der Waals surface area contributed by atoms with Gasteiger partial charge in [-0.25, -0.2) is 9.97 Å². The van der Waals surface area contributed by atoms with Crippen LogP contribution in [0.2, 0.25) is 0 Å². The summed E-state index contributed by atoms with van der Waals surface area (Å²) in [6.07, 6.45) is 3.08. The van der Waals surface area contributed by atoms with Gasteiger partial charge in [0.15, 0.2) is 5.82 Å². The van der Waals surface area contributed by atoms with Gasteiger partial charge in [0.1, 0.15) is 11.4 Å². The Bertz CT molecular complexity index is 782. The first-order chi connectivity index (χ1) is 12.3. The van der Waals surface area contributed by atoms with Crippen molar-refractivity contribution in [1.29, 1.82) is 0 Å². The third-order valence-corrected chi connectivity index (χ3v) is 4.19. The Morgan fingerprint density at radius 2 is 2.00 bits per heavy atom. The maximum atomic E-state index is 11.9. The highest BCUT2D eigenvalue weighted by Gasteiger charge is 2.21. The summed E-state index contributed by atoms with van der Waals surface area (Å²) in [6.45, 7) is 7.92. The summed E-state index contributed by atoms with van der Waals surface area (Å²) >= 11 is 0. The van der Waals surface area contributed by atoms with E-state index in [-0.39, 0.29) is 11.7 Å². The zero-order valence-electron chi connectivity index (χ0n) is 15.5. The summed E-state index contributed by atoms with van der Waals surface area (Å²) in [6, 6.07) is 6.90. The number of phenols is 1. The van der Waals surface area contributed by atoms with Crippen LogP contribution in [0.15, 0.2) is 30.5 Å². The standard InChI is InChI=1S/C20H25N3O3/c1-20(2,3)26-18(25)9-11-23-10-8-17-15(13-23)12-21-19(22-17)14-4-6-16(24)7-5-14/h4-7,12,24H,8-11,13H2,1-3H3.